The smallest absolute Gasteiger partial charge is 0.409 e. The molecule has 14 heavy (non-hydrogen) atoms. The highest BCUT2D eigenvalue weighted by Gasteiger charge is 2.51. The maximum Gasteiger partial charge on any atom is 0.409 e. The predicted octanol–water partition coefficient (Wildman–Crippen LogP) is 0.825. The van der Waals surface area contributed by atoms with E-state index in [9.17, 15) is 4.79 Å². The van der Waals surface area contributed by atoms with E-state index in [-0.39, 0.29) is 11.6 Å². The van der Waals surface area contributed by atoms with Crippen LogP contribution >= 0.6 is 0 Å². The Morgan fingerprint density at radius 2 is 2.29 bits per heavy atom. The van der Waals surface area contributed by atoms with Gasteiger partial charge in [0.1, 0.15) is 0 Å². The van der Waals surface area contributed by atoms with Crippen LogP contribution in [0.25, 0.3) is 0 Å². The molecule has 4 heteroatoms. The minimum Gasteiger partial charge on any atom is -0.453 e. The molecule has 0 saturated carbocycles. The van der Waals surface area contributed by atoms with Gasteiger partial charge in [-0.1, -0.05) is 0 Å². The lowest BCUT2D eigenvalue weighted by Crippen LogP contribution is -2.52. The van der Waals surface area contributed by atoms with E-state index in [1.165, 1.54) is 13.5 Å². The van der Waals surface area contributed by atoms with E-state index in [1.807, 2.05) is 4.90 Å². The number of hydrogen-bond donors (Lipinski definition) is 1. The third-order valence-electron chi connectivity index (χ3n) is 3.62. The Bertz CT molecular complexity index is 253. The number of amides is 1. The van der Waals surface area contributed by atoms with Crippen LogP contribution in [0.3, 0.4) is 0 Å². The van der Waals surface area contributed by atoms with Gasteiger partial charge in [0.2, 0.25) is 0 Å². The lowest BCUT2D eigenvalue weighted by molar-refractivity contribution is 0.0914. The van der Waals surface area contributed by atoms with Gasteiger partial charge >= 0.3 is 6.09 Å². The van der Waals surface area contributed by atoms with Gasteiger partial charge in [0, 0.05) is 12.6 Å². The summed E-state index contributed by atoms with van der Waals surface area (Å²) in [5.41, 5.74) is -0.117. The molecule has 2 atom stereocenters. The SMILES string of the molecule is COC(=O)N1CC2CCNC2C1(C)C. The van der Waals surface area contributed by atoms with Gasteiger partial charge < -0.3 is 15.0 Å². The zero-order valence-corrected chi connectivity index (χ0v) is 9.04. The third kappa shape index (κ3) is 1.21. The number of likely N-dealkylation sites (tertiary alicyclic amines) is 1. The lowest BCUT2D eigenvalue weighted by atomic mass is 9.91. The number of ether oxygens (including phenoxy) is 1. The standard InChI is InChI=1S/C10H18N2O2/c1-10(2)8-7(4-5-11-8)6-12(10)9(13)14-3/h7-8,11H,4-6H2,1-3H3. The molecule has 1 amide bonds. The fraction of sp³-hybridized carbons (Fsp3) is 0.900. The molecule has 2 aliphatic heterocycles. The van der Waals surface area contributed by atoms with Crippen LogP contribution in [-0.4, -0.2) is 42.8 Å². The van der Waals surface area contributed by atoms with Crippen molar-refractivity contribution in [1.82, 2.24) is 10.2 Å². The van der Waals surface area contributed by atoms with Crippen LogP contribution < -0.4 is 5.32 Å². The van der Waals surface area contributed by atoms with Crippen molar-refractivity contribution < 1.29 is 9.53 Å². The van der Waals surface area contributed by atoms with Gasteiger partial charge in [-0.3, -0.25) is 0 Å². The summed E-state index contributed by atoms with van der Waals surface area (Å²) in [6.07, 6.45) is 0.966. The predicted molar refractivity (Wildman–Crippen MR) is 53.1 cm³/mol. The molecule has 2 fully saturated rings. The molecule has 2 rings (SSSR count). The van der Waals surface area contributed by atoms with Crippen molar-refractivity contribution in [3.05, 3.63) is 0 Å². The topological polar surface area (TPSA) is 41.6 Å². The van der Waals surface area contributed by atoms with E-state index in [0.717, 1.165) is 13.1 Å². The number of hydrogen-bond acceptors (Lipinski definition) is 3. The summed E-state index contributed by atoms with van der Waals surface area (Å²) >= 11 is 0. The van der Waals surface area contributed by atoms with E-state index < -0.39 is 0 Å². The second-order valence-electron chi connectivity index (χ2n) is 4.71. The molecule has 2 unspecified atom stereocenters. The zero-order chi connectivity index (χ0) is 10.3. The second kappa shape index (κ2) is 3.12. The molecule has 0 aromatic carbocycles. The molecule has 2 saturated heterocycles. The van der Waals surface area contributed by atoms with Crippen molar-refractivity contribution >= 4 is 6.09 Å². The van der Waals surface area contributed by atoms with Crippen LogP contribution in [0.5, 0.6) is 0 Å². The van der Waals surface area contributed by atoms with Gasteiger partial charge in [-0.15, -0.1) is 0 Å². The molecular weight excluding hydrogens is 180 g/mol. The van der Waals surface area contributed by atoms with Crippen LogP contribution in [0.15, 0.2) is 0 Å². The molecule has 0 aliphatic carbocycles. The Balaban J connectivity index is 2.19. The molecule has 0 bridgehead atoms. The Morgan fingerprint density at radius 1 is 1.57 bits per heavy atom. The molecule has 0 radical (unpaired) electrons. The van der Waals surface area contributed by atoms with Crippen LogP contribution in [0, 0.1) is 5.92 Å². The first-order chi connectivity index (χ1) is 6.57. The van der Waals surface area contributed by atoms with Crippen LogP contribution in [0.1, 0.15) is 20.3 Å². The molecular formula is C10H18N2O2. The van der Waals surface area contributed by atoms with Gasteiger partial charge in [-0.25, -0.2) is 4.79 Å². The number of rotatable bonds is 0. The summed E-state index contributed by atoms with van der Waals surface area (Å²) in [7, 11) is 1.44. The summed E-state index contributed by atoms with van der Waals surface area (Å²) < 4.78 is 4.79. The second-order valence-corrected chi connectivity index (χ2v) is 4.71. The number of methoxy groups -OCH3 is 1. The molecule has 0 spiro atoms. The molecule has 4 nitrogen and oxygen atoms in total. The summed E-state index contributed by atoms with van der Waals surface area (Å²) in [6, 6.07) is 0.432. The normalized spacial score (nSPS) is 34.4. The highest BCUT2D eigenvalue weighted by atomic mass is 16.5. The number of nitrogens with one attached hydrogen (secondary N) is 1. The van der Waals surface area contributed by atoms with Gasteiger partial charge in [0.15, 0.2) is 0 Å². The first-order valence-electron chi connectivity index (χ1n) is 5.16. The Labute approximate surface area is 84.6 Å². The third-order valence-corrected chi connectivity index (χ3v) is 3.62. The molecule has 0 aromatic rings. The first-order valence-corrected chi connectivity index (χ1v) is 5.16. The Morgan fingerprint density at radius 3 is 2.86 bits per heavy atom. The van der Waals surface area contributed by atoms with Crippen LogP contribution in [0.4, 0.5) is 4.79 Å². The molecule has 2 heterocycles. The van der Waals surface area contributed by atoms with Crippen molar-refractivity contribution in [3.8, 4) is 0 Å². The van der Waals surface area contributed by atoms with Crippen molar-refractivity contribution in [1.29, 1.82) is 0 Å². The molecule has 80 valence electrons. The van der Waals surface area contributed by atoms with Gasteiger partial charge in [-0.2, -0.15) is 0 Å². The summed E-state index contributed by atoms with van der Waals surface area (Å²) in [5, 5.41) is 3.47. The first kappa shape index (κ1) is 9.77. The van der Waals surface area contributed by atoms with E-state index in [4.69, 9.17) is 4.74 Å². The molecule has 0 aromatic heterocycles. The Kier molecular flexibility index (Phi) is 2.18. The quantitative estimate of drug-likeness (QED) is 0.626. The summed E-state index contributed by atoms with van der Waals surface area (Å²) in [4.78, 5) is 13.4. The van der Waals surface area contributed by atoms with Gasteiger partial charge in [0.05, 0.1) is 12.6 Å². The van der Waals surface area contributed by atoms with Gasteiger partial charge in [0.25, 0.3) is 0 Å². The lowest BCUT2D eigenvalue weighted by Gasteiger charge is -2.34. The average Bonchev–Trinajstić information content (AvgIpc) is 2.68. The van der Waals surface area contributed by atoms with E-state index in [1.54, 1.807) is 0 Å². The fourth-order valence-corrected chi connectivity index (χ4v) is 2.84. The number of carbonyl (C=O) groups excluding carboxylic acids is 1. The van der Waals surface area contributed by atoms with Crippen molar-refractivity contribution in [2.24, 2.45) is 5.92 Å². The minimum atomic E-state index is -0.203. The maximum atomic E-state index is 11.5. The number of fused-ring (bicyclic) bond motifs is 1. The largest absolute Gasteiger partial charge is 0.453 e. The molecule has 2 aliphatic rings. The van der Waals surface area contributed by atoms with Crippen molar-refractivity contribution in [3.63, 3.8) is 0 Å². The van der Waals surface area contributed by atoms with Crippen LogP contribution in [0.2, 0.25) is 0 Å². The van der Waals surface area contributed by atoms with Crippen molar-refractivity contribution in [2.45, 2.75) is 31.8 Å². The minimum absolute atomic E-state index is 0.117. The average molecular weight is 198 g/mol. The van der Waals surface area contributed by atoms with E-state index >= 15 is 0 Å². The highest BCUT2D eigenvalue weighted by molar-refractivity contribution is 5.69. The maximum absolute atomic E-state index is 11.5. The number of nitrogens with zero attached hydrogens (tertiary/aromatic N) is 1. The monoisotopic (exact) mass is 198 g/mol. The summed E-state index contributed by atoms with van der Waals surface area (Å²) in [5.74, 6) is 0.601. The number of carbonyl (C=O) groups is 1. The van der Waals surface area contributed by atoms with Crippen molar-refractivity contribution in [2.75, 3.05) is 20.2 Å². The van der Waals surface area contributed by atoms with Crippen LogP contribution in [-0.2, 0) is 4.74 Å². The zero-order valence-electron chi connectivity index (χ0n) is 9.04. The fourth-order valence-electron chi connectivity index (χ4n) is 2.84. The molecule has 1 N–H and O–H groups in total. The Hall–Kier alpha value is -0.770. The highest BCUT2D eigenvalue weighted by Crippen LogP contribution is 2.37. The van der Waals surface area contributed by atoms with E-state index in [2.05, 4.69) is 19.2 Å². The van der Waals surface area contributed by atoms with Gasteiger partial charge in [-0.05, 0) is 32.7 Å². The summed E-state index contributed by atoms with van der Waals surface area (Å²) in [6.45, 7) is 6.12. The van der Waals surface area contributed by atoms with E-state index in [0.29, 0.717) is 12.0 Å².